The molecule has 0 bridgehead atoms. The fourth-order valence-electron chi connectivity index (χ4n) is 1.86. The fraction of sp³-hybridized carbons (Fsp3) is 0.200. The van der Waals surface area contributed by atoms with E-state index in [4.69, 9.17) is 0 Å². The van der Waals surface area contributed by atoms with Gasteiger partial charge in [-0.05, 0) is 30.5 Å². The van der Waals surface area contributed by atoms with Crippen LogP contribution >= 0.6 is 0 Å². The molecular weight excluding hydrogens is 208 g/mol. The summed E-state index contributed by atoms with van der Waals surface area (Å²) < 4.78 is 0. The maximum Gasteiger partial charge on any atom is 0.159 e. The van der Waals surface area contributed by atoms with Crippen LogP contribution in [0.4, 0.5) is 0 Å². The first-order valence-corrected chi connectivity index (χ1v) is 5.88. The van der Waals surface area contributed by atoms with Crippen LogP contribution < -0.4 is 0 Å². The normalized spacial score (nSPS) is 11.5. The van der Waals surface area contributed by atoms with Crippen molar-refractivity contribution in [2.45, 2.75) is 20.3 Å². The average molecular weight is 224 g/mol. The molecular formula is C15H16N2. The summed E-state index contributed by atoms with van der Waals surface area (Å²) in [5, 5.41) is 0. The van der Waals surface area contributed by atoms with E-state index in [0.29, 0.717) is 0 Å². The molecule has 0 radical (unpaired) electrons. The van der Waals surface area contributed by atoms with Gasteiger partial charge in [-0.1, -0.05) is 37.3 Å². The van der Waals surface area contributed by atoms with Gasteiger partial charge in [0.15, 0.2) is 5.82 Å². The van der Waals surface area contributed by atoms with Crippen molar-refractivity contribution >= 4 is 5.57 Å². The van der Waals surface area contributed by atoms with E-state index in [0.717, 1.165) is 17.8 Å². The van der Waals surface area contributed by atoms with E-state index in [9.17, 15) is 0 Å². The van der Waals surface area contributed by atoms with Gasteiger partial charge in [-0.25, -0.2) is 9.97 Å². The number of hydrogen-bond donors (Lipinski definition) is 0. The van der Waals surface area contributed by atoms with Crippen LogP contribution in [-0.2, 0) is 0 Å². The van der Waals surface area contributed by atoms with Crippen LogP contribution in [0.25, 0.3) is 17.0 Å². The van der Waals surface area contributed by atoms with E-state index in [1.807, 2.05) is 6.07 Å². The van der Waals surface area contributed by atoms with Crippen LogP contribution in [0.3, 0.4) is 0 Å². The van der Waals surface area contributed by atoms with Crippen LogP contribution in [-0.4, -0.2) is 9.97 Å². The summed E-state index contributed by atoms with van der Waals surface area (Å²) in [5.74, 6) is 0.776. The number of hydrogen-bond acceptors (Lipinski definition) is 2. The minimum absolute atomic E-state index is 0.776. The SMILES string of the molecule is C/C=C(\CC)c1ccc(-c2ncccn2)cc1. The molecule has 1 heterocycles. The zero-order valence-electron chi connectivity index (χ0n) is 10.2. The number of nitrogens with zero attached hydrogens (tertiary/aromatic N) is 2. The Kier molecular flexibility index (Phi) is 3.66. The highest BCUT2D eigenvalue weighted by Gasteiger charge is 2.01. The molecule has 86 valence electrons. The molecule has 0 aliphatic rings. The highest BCUT2D eigenvalue weighted by molar-refractivity contribution is 5.67. The summed E-state index contributed by atoms with van der Waals surface area (Å²) in [7, 11) is 0. The van der Waals surface area contributed by atoms with Gasteiger partial charge >= 0.3 is 0 Å². The van der Waals surface area contributed by atoms with Crippen molar-refractivity contribution in [3.05, 3.63) is 54.4 Å². The quantitative estimate of drug-likeness (QED) is 0.788. The second-order valence-corrected chi connectivity index (χ2v) is 3.82. The van der Waals surface area contributed by atoms with Crippen LogP contribution in [0.2, 0.25) is 0 Å². The molecule has 2 heteroatoms. The number of benzene rings is 1. The number of allylic oxidation sites excluding steroid dienone is 2. The van der Waals surface area contributed by atoms with Crippen LogP contribution in [0.1, 0.15) is 25.8 Å². The minimum atomic E-state index is 0.776. The Hall–Kier alpha value is -1.96. The average Bonchev–Trinajstić information content (AvgIpc) is 2.42. The summed E-state index contributed by atoms with van der Waals surface area (Å²) >= 11 is 0. The lowest BCUT2D eigenvalue weighted by molar-refractivity contribution is 1.17. The second-order valence-electron chi connectivity index (χ2n) is 3.82. The Balaban J connectivity index is 2.31. The van der Waals surface area contributed by atoms with E-state index in [1.54, 1.807) is 12.4 Å². The van der Waals surface area contributed by atoms with E-state index < -0.39 is 0 Å². The standard InChI is InChI=1S/C15H16N2/c1-3-12(4-2)13-6-8-14(9-7-13)15-16-10-5-11-17-15/h3,5-11H,4H2,1-2H3/b12-3+. The minimum Gasteiger partial charge on any atom is -0.237 e. The molecule has 0 fully saturated rings. The zero-order valence-corrected chi connectivity index (χ0v) is 10.2. The summed E-state index contributed by atoms with van der Waals surface area (Å²) in [6, 6.07) is 10.2. The Morgan fingerprint density at radius 3 is 2.29 bits per heavy atom. The Morgan fingerprint density at radius 2 is 1.76 bits per heavy atom. The lowest BCUT2D eigenvalue weighted by Crippen LogP contribution is -1.88. The molecule has 0 aliphatic heterocycles. The monoisotopic (exact) mass is 224 g/mol. The highest BCUT2D eigenvalue weighted by Crippen LogP contribution is 2.21. The van der Waals surface area contributed by atoms with Gasteiger partial charge in [0.2, 0.25) is 0 Å². The number of aromatic nitrogens is 2. The van der Waals surface area contributed by atoms with Crippen molar-refractivity contribution in [2.24, 2.45) is 0 Å². The molecule has 2 aromatic rings. The largest absolute Gasteiger partial charge is 0.237 e. The highest BCUT2D eigenvalue weighted by atomic mass is 14.8. The van der Waals surface area contributed by atoms with Crippen molar-refractivity contribution in [3.8, 4) is 11.4 Å². The molecule has 2 nitrogen and oxygen atoms in total. The van der Waals surface area contributed by atoms with Crippen LogP contribution in [0, 0.1) is 0 Å². The van der Waals surface area contributed by atoms with Gasteiger partial charge in [-0.3, -0.25) is 0 Å². The fourth-order valence-corrected chi connectivity index (χ4v) is 1.86. The summed E-state index contributed by atoms with van der Waals surface area (Å²) in [5.41, 5.74) is 3.70. The van der Waals surface area contributed by atoms with Crippen molar-refractivity contribution in [2.75, 3.05) is 0 Å². The van der Waals surface area contributed by atoms with Gasteiger partial charge in [0.05, 0.1) is 0 Å². The van der Waals surface area contributed by atoms with E-state index in [2.05, 4.69) is 54.2 Å². The van der Waals surface area contributed by atoms with Crippen molar-refractivity contribution < 1.29 is 0 Å². The molecule has 1 aromatic heterocycles. The lowest BCUT2D eigenvalue weighted by atomic mass is 10.0. The van der Waals surface area contributed by atoms with Gasteiger partial charge < -0.3 is 0 Å². The molecule has 0 unspecified atom stereocenters. The predicted molar refractivity (Wildman–Crippen MR) is 71.4 cm³/mol. The van der Waals surface area contributed by atoms with Gasteiger partial charge in [-0.15, -0.1) is 0 Å². The van der Waals surface area contributed by atoms with Gasteiger partial charge in [0.1, 0.15) is 0 Å². The molecule has 1 aromatic carbocycles. The van der Waals surface area contributed by atoms with Crippen molar-refractivity contribution in [3.63, 3.8) is 0 Å². The van der Waals surface area contributed by atoms with Crippen LogP contribution in [0.5, 0.6) is 0 Å². The molecule has 0 saturated carbocycles. The maximum atomic E-state index is 4.24. The summed E-state index contributed by atoms with van der Waals surface area (Å²) in [6.45, 7) is 4.25. The third-order valence-corrected chi connectivity index (χ3v) is 2.81. The van der Waals surface area contributed by atoms with E-state index >= 15 is 0 Å². The van der Waals surface area contributed by atoms with Gasteiger partial charge in [0.25, 0.3) is 0 Å². The number of rotatable bonds is 3. The third-order valence-electron chi connectivity index (χ3n) is 2.81. The molecule has 17 heavy (non-hydrogen) atoms. The Labute approximate surface area is 102 Å². The second kappa shape index (κ2) is 5.39. The smallest absolute Gasteiger partial charge is 0.159 e. The first kappa shape index (κ1) is 11.5. The molecule has 0 amide bonds. The van der Waals surface area contributed by atoms with Gasteiger partial charge in [0, 0.05) is 18.0 Å². The molecule has 0 N–H and O–H groups in total. The van der Waals surface area contributed by atoms with Gasteiger partial charge in [-0.2, -0.15) is 0 Å². The molecule has 2 rings (SSSR count). The molecule has 0 spiro atoms. The van der Waals surface area contributed by atoms with Crippen LogP contribution in [0.15, 0.2) is 48.8 Å². The predicted octanol–water partition coefficient (Wildman–Crippen LogP) is 3.96. The zero-order chi connectivity index (χ0) is 12.1. The first-order valence-electron chi connectivity index (χ1n) is 5.88. The third kappa shape index (κ3) is 2.59. The van der Waals surface area contributed by atoms with E-state index in [1.165, 1.54) is 11.1 Å². The van der Waals surface area contributed by atoms with E-state index in [-0.39, 0.29) is 0 Å². The molecule has 0 saturated heterocycles. The summed E-state index contributed by atoms with van der Waals surface area (Å²) in [4.78, 5) is 8.48. The summed E-state index contributed by atoms with van der Waals surface area (Å²) in [6.07, 6.45) is 6.74. The topological polar surface area (TPSA) is 25.8 Å². The molecule has 0 aliphatic carbocycles. The Morgan fingerprint density at radius 1 is 1.12 bits per heavy atom. The first-order chi connectivity index (χ1) is 8.35. The van der Waals surface area contributed by atoms with Crippen molar-refractivity contribution in [1.82, 2.24) is 9.97 Å². The Bertz CT molecular complexity index is 498. The maximum absolute atomic E-state index is 4.24. The molecule has 0 atom stereocenters. The lowest BCUT2D eigenvalue weighted by Gasteiger charge is -2.05. The van der Waals surface area contributed by atoms with Crippen molar-refractivity contribution in [1.29, 1.82) is 0 Å².